The van der Waals surface area contributed by atoms with E-state index in [-0.39, 0.29) is 29.6 Å². The molecule has 2 rings (SSSR count). The number of fused-ring (bicyclic) bond motifs is 1. The summed E-state index contributed by atoms with van der Waals surface area (Å²) in [7, 11) is 1.44. The fourth-order valence-corrected chi connectivity index (χ4v) is 4.06. The highest BCUT2D eigenvalue weighted by Crippen LogP contribution is 2.43. The van der Waals surface area contributed by atoms with Gasteiger partial charge in [0, 0.05) is 48.4 Å². The van der Waals surface area contributed by atoms with E-state index in [0.717, 1.165) is 0 Å². The molecule has 1 heterocycles. The van der Waals surface area contributed by atoms with E-state index >= 15 is 0 Å². The zero-order chi connectivity index (χ0) is 17.9. The number of nitrogens with zero attached hydrogens (tertiary/aromatic N) is 2. The number of carbonyl (C=O) groups excluding carboxylic acids is 1. The van der Waals surface area contributed by atoms with Crippen LogP contribution < -0.4 is 9.04 Å². The first-order chi connectivity index (χ1) is 11.4. The molecule has 0 saturated heterocycles. The molecule has 3 unspecified atom stereocenters. The Hall–Kier alpha value is -1.23. The minimum atomic E-state index is -0.423. The fraction of sp³-hybridized carbons (Fsp3) is 0.533. The van der Waals surface area contributed by atoms with E-state index in [9.17, 15) is 14.9 Å². The van der Waals surface area contributed by atoms with Gasteiger partial charge >= 0.3 is 5.97 Å². The zero-order valence-electron chi connectivity index (χ0n) is 13.6. The number of nitro groups is 1. The monoisotopic (exact) mass is 466 g/mol. The number of benzene rings is 1. The molecule has 7 nitrogen and oxygen atoms in total. The Balaban J connectivity index is 2.22. The maximum Gasteiger partial charge on any atom is 0.309 e. The van der Waals surface area contributed by atoms with Crippen molar-refractivity contribution in [3.63, 3.8) is 0 Å². The van der Waals surface area contributed by atoms with Gasteiger partial charge in [-0.25, -0.2) is 0 Å². The standard InChI is InChI=1S/C15H19IN2O5S/c1-4-22-15(19)10(3)9(2)14-8-17(24-16)12-7-11(18(20)21)5-6-13(12)23-14/h5-7,9-10,14H,4,8H2,1-3H3. The third-order valence-electron chi connectivity index (χ3n) is 4.16. The number of esters is 1. The lowest BCUT2D eigenvalue weighted by atomic mass is 9.90. The maximum absolute atomic E-state index is 12.0. The third-order valence-corrected chi connectivity index (χ3v) is 6.10. The summed E-state index contributed by atoms with van der Waals surface area (Å²) in [6, 6.07) is 4.55. The van der Waals surface area contributed by atoms with Gasteiger partial charge in [0.25, 0.3) is 5.69 Å². The highest BCUT2D eigenvalue weighted by Gasteiger charge is 2.36. The summed E-state index contributed by atoms with van der Waals surface area (Å²) < 4.78 is 13.1. The Morgan fingerprint density at radius 2 is 2.29 bits per heavy atom. The normalized spacial score (nSPS) is 19.0. The lowest BCUT2D eigenvalue weighted by molar-refractivity contribution is -0.384. The lowest BCUT2D eigenvalue weighted by Crippen LogP contribution is -2.43. The Labute approximate surface area is 156 Å². The quantitative estimate of drug-likeness (QED) is 0.206. The fourth-order valence-electron chi connectivity index (χ4n) is 2.53. The number of hydrogen-bond acceptors (Lipinski definition) is 7. The van der Waals surface area contributed by atoms with Crippen LogP contribution in [0.4, 0.5) is 11.4 Å². The number of carbonyl (C=O) groups is 1. The minimum Gasteiger partial charge on any atom is -0.486 e. The Morgan fingerprint density at radius 1 is 1.58 bits per heavy atom. The van der Waals surface area contributed by atoms with E-state index in [1.165, 1.54) is 21.3 Å². The van der Waals surface area contributed by atoms with E-state index in [2.05, 4.69) is 21.2 Å². The summed E-state index contributed by atoms with van der Waals surface area (Å²) in [4.78, 5) is 22.5. The van der Waals surface area contributed by atoms with Gasteiger partial charge in [0.2, 0.25) is 0 Å². The molecular weight excluding hydrogens is 447 g/mol. The van der Waals surface area contributed by atoms with Crippen LogP contribution in [0.15, 0.2) is 18.2 Å². The summed E-state index contributed by atoms with van der Waals surface area (Å²) in [6.45, 7) is 6.46. The first-order valence-corrected chi connectivity index (χ1v) is 10.9. The molecule has 0 saturated carbocycles. The molecule has 1 aromatic rings. The number of nitro benzene ring substituents is 1. The molecule has 0 aromatic heterocycles. The van der Waals surface area contributed by atoms with Crippen LogP contribution in [0.5, 0.6) is 5.75 Å². The Bertz CT molecular complexity index is 630. The van der Waals surface area contributed by atoms with Crippen molar-refractivity contribution >= 4 is 47.7 Å². The van der Waals surface area contributed by atoms with E-state index in [4.69, 9.17) is 9.47 Å². The van der Waals surface area contributed by atoms with Gasteiger partial charge in [-0.05, 0) is 13.0 Å². The molecule has 0 N–H and O–H groups in total. The van der Waals surface area contributed by atoms with Gasteiger partial charge in [0.05, 0.1) is 29.7 Å². The van der Waals surface area contributed by atoms with Crippen LogP contribution in [0.25, 0.3) is 0 Å². The van der Waals surface area contributed by atoms with Crippen LogP contribution in [-0.4, -0.2) is 30.1 Å². The second-order valence-electron chi connectivity index (χ2n) is 5.60. The van der Waals surface area contributed by atoms with Crippen molar-refractivity contribution in [1.82, 2.24) is 0 Å². The highest BCUT2D eigenvalue weighted by atomic mass is 127. The molecule has 9 heteroatoms. The molecule has 132 valence electrons. The second kappa shape index (κ2) is 8.24. The van der Waals surface area contributed by atoms with Crippen molar-refractivity contribution in [3.05, 3.63) is 28.3 Å². The molecular formula is C15H19IN2O5S. The molecule has 0 radical (unpaired) electrons. The smallest absolute Gasteiger partial charge is 0.309 e. The molecule has 1 aliphatic heterocycles. The molecule has 0 fully saturated rings. The van der Waals surface area contributed by atoms with Crippen molar-refractivity contribution in [1.29, 1.82) is 0 Å². The van der Waals surface area contributed by atoms with Crippen LogP contribution in [0, 0.1) is 22.0 Å². The van der Waals surface area contributed by atoms with E-state index in [1.54, 1.807) is 13.0 Å². The average Bonchev–Trinajstić information content (AvgIpc) is 2.58. The van der Waals surface area contributed by atoms with Gasteiger partial charge in [-0.2, -0.15) is 0 Å². The summed E-state index contributed by atoms with van der Waals surface area (Å²) in [6.07, 6.45) is -0.208. The van der Waals surface area contributed by atoms with E-state index in [1.807, 2.05) is 18.2 Å². The number of non-ortho nitro benzene ring substituents is 1. The summed E-state index contributed by atoms with van der Waals surface area (Å²) >= 11 is 2.14. The SMILES string of the molecule is CCOC(=O)C(C)C(C)C1CN(SI)c2cc([N+](=O)[O-])ccc2O1. The highest BCUT2D eigenvalue weighted by molar-refractivity contribution is 14.2. The molecule has 0 amide bonds. The number of anilines is 1. The van der Waals surface area contributed by atoms with Crippen LogP contribution in [0.2, 0.25) is 0 Å². The number of halogens is 1. The van der Waals surface area contributed by atoms with E-state index in [0.29, 0.717) is 24.6 Å². The molecule has 1 aliphatic rings. The van der Waals surface area contributed by atoms with Gasteiger partial charge in [0.15, 0.2) is 0 Å². The van der Waals surface area contributed by atoms with Crippen LogP contribution in [0.3, 0.4) is 0 Å². The minimum absolute atomic E-state index is 0.0270. The summed E-state index contributed by atoms with van der Waals surface area (Å²) in [5.74, 6) is -0.00486. The van der Waals surface area contributed by atoms with Crippen molar-refractivity contribution in [2.24, 2.45) is 11.8 Å². The van der Waals surface area contributed by atoms with E-state index < -0.39 is 4.92 Å². The van der Waals surface area contributed by atoms with Crippen LogP contribution in [0.1, 0.15) is 20.8 Å². The molecule has 0 aliphatic carbocycles. The van der Waals surface area contributed by atoms with Crippen LogP contribution in [-0.2, 0) is 9.53 Å². The van der Waals surface area contributed by atoms with Crippen molar-refractivity contribution in [3.8, 4) is 5.75 Å². The van der Waals surface area contributed by atoms with Crippen molar-refractivity contribution < 1.29 is 19.2 Å². The lowest BCUT2D eigenvalue weighted by Gasteiger charge is -2.37. The topological polar surface area (TPSA) is 81.9 Å². The first-order valence-electron chi connectivity index (χ1n) is 7.57. The molecule has 24 heavy (non-hydrogen) atoms. The third kappa shape index (κ3) is 4.05. The van der Waals surface area contributed by atoms with Gasteiger partial charge in [-0.1, -0.05) is 13.8 Å². The number of rotatable bonds is 6. The predicted octanol–water partition coefficient (Wildman–Crippen LogP) is 4.00. The maximum atomic E-state index is 12.0. The van der Waals surface area contributed by atoms with Gasteiger partial charge in [-0.3, -0.25) is 14.9 Å². The van der Waals surface area contributed by atoms with Crippen molar-refractivity contribution in [2.75, 3.05) is 17.5 Å². The average molecular weight is 466 g/mol. The molecule has 1 aromatic carbocycles. The largest absolute Gasteiger partial charge is 0.486 e. The first kappa shape index (κ1) is 19.1. The van der Waals surface area contributed by atoms with Crippen LogP contribution >= 0.6 is 30.3 Å². The van der Waals surface area contributed by atoms with Gasteiger partial charge in [-0.15, -0.1) is 0 Å². The molecule has 3 atom stereocenters. The molecule has 0 bridgehead atoms. The summed E-state index contributed by atoms with van der Waals surface area (Å²) in [5.41, 5.74) is 0.704. The Morgan fingerprint density at radius 3 is 2.88 bits per heavy atom. The predicted molar refractivity (Wildman–Crippen MR) is 101 cm³/mol. The zero-order valence-corrected chi connectivity index (χ0v) is 16.6. The van der Waals surface area contributed by atoms with Gasteiger partial charge in [0.1, 0.15) is 11.9 Å². The number of ether oxygens (including phenoxy) is 2. The second-order valence-corrected chi connectivity index (χ2v) is 7.36. The van der Waals surface area contributed by atoms with Crippen molar-refractivity contribution in [2.45, 2.75) is 26.9 Å². The molecule has 0 spiro atoms. The van der Waals surface area contributed by atoms with Gasteiger partial charge < -0.3 is 13.8 Å². The number of hydrogen-bond donors (Lipinski definition) is 0. The Kier molecular flexibility index (Phi) is 6.55. The summed E-state index contributed by atoms with van der Waals surface area (Å²) in [5, 5.41) is 11.0.